The standard InChI is InChI=1S/C23H26N2O4S/c1-14-20(15(2)26)21(17-13-30-19-7-5-4-6-16(17)19)22(23(27)28-3)18(24-14)12-25-8-10-29-11-9-25/h4-7,13,21,24H,8-12H2,1-3H3. The molecule has 0 radical (unpaired) electrons. The molecule has 0 bridgehead atoms. The average molecular weight is 427 g/mol. The highest BCUT2D eigenvalue weighted by molar-refractivity contribution is 7.17. The summed E-state index contributed by atoms with van der Waals surface area (Å²) >= 11 is 1.62. The van der Waals surface area contributed by atoms with E-state index in [1.54, 1.807) is 18.3 Å². The third-order valence-electron chi connectivity index (χ3n) is 5.74. The molecule has 2 aliphatic heterocycles. The lowest BCUT2D eigenvalue weighted by Crippen LogP contribution is -2.42. The minimum atomic E-state index is -0.455. The number of hydrogen-bond acceptors (Lipinski definition) is 7. The molecule has 1 aromatic heterocycles. The largest absolute Gasteiger partial charge is 0.466 e. The van der Waals surface area contributed by atoms with Gasteiger partial charge in [0.1, 0.15) is 0 Å². The first kappa shape index (κ1) is 20.8. The third kappa shape index (κ3) is 3.80. The van der Waals surface area contributed by atoms with E-state index < -0.39 is 11.9 Å². The number of morpholine rings is 1. The highest BCUT2D eigenvalue weighted by Crippen LogP contribution is 2.43. The zero-order valence-corrected chi connectivity index (χ0v) is 18.3. The summed E-state index contributed by atoms with van der Waals surface area (Å²) in [6, 6.07) is 8.09. The number of ether oxygens (including phenoxy) is 2. The molecule has 1 aromatic carbocycles. The van der Waals surface area contributed by atoms with Gasteiger partial charge in [-0.1, -0.05) is 18.2 Å². The molecule has 158 valence electrons. The van der Waals surface area contributed by atoms with Crippen molar-refractivity contribution >= 4 is 33.2 Å². The number of rotatable bonds is 5. The Labute approximate surface area is 180 Å². The molecule has 0 aliphatic carbocycles. The van der Waals surface area contributed by atoms with Crippen molar-refractivity contribution in [2.75, 3.05) is 40.0 Å². The molecule has 7 heteroatoms. The number of benzene rings is 1. The van der Waals surface area contributed by atoms with E-state index in [0.717, 1.165) is 40.1 Å². The highest BCUT2D eigenvalue weighted by Gasteiger charge is 2.38. The number of fused-ring (bicyclic) bond motifs is 1. The summed E-state index contributed by atoms with van der Waals surface area (Å²) in [7, 11) is 1.39. The summed E-state index contributed by atoms with van der Waals surface area (Å²) in [4.78, 5) is 28.0. The van der Waals surface area contributed by atoms with Gasteiger partial charge in [-0.15, -0.1) is 11.3 Å². The molecule has 1 N–H and O–H groups in total. The van der Waals surface area contributed by atoms with Gasteiger partial charge >= 0.3 is 5.97 Å². The summed E-state index contributed by atoms with van der Waals surface area (Å²) in [5, 5.41) is 6.48. The Balaban J connectivity index is 1.88. The van der Waals surface area contributed by atoms with E-state index >= 15 is 0 Å². The fourth-order valence-electron chi connectivity index (χ4n) is 4.35. The molecule has 1 atom stereocenters. The van der Waals surface area contributed by atoms with Crippen molar-refractivity contribution in [3.63, 3.8) is 0 Å². The summed E-state index contributed by atoms with van der Waals surface area (Å²) in [5.41, 5.74) is 3.69. The van der Waals surface area contributed by atoms with Crippen LogP contribution in [0.5, 0.6) is 0 Å². The maximum Gasteiger partial charge on any atom is 0.336 e. The van der Waals surface area contributed by atoms with Crippen molar-refractivity contribution in [2.24, 2.45) is 0 Å². The first-order valence-electron chi connectivity index (χ1n) is 10.1. The number of carbonyl (C=O) groups excluding carboxylic acids is 2. The van der Waals surface area contributed by atoms with Crippen molar-refractivity contribution in [1.29, 1.82) is 0 Å². The number of hydrogen-bond donors (Lipinski definition) is 1. The number of allylic oxidation sites excluding steroid dienone is 2. The molecule has 0 amide bonds. The summed E-state index contributed by atoms with van der Waals surface area (Å²) in [6.45, 7) is 6.99. The average Bonchev–Trinajstić information content (AvgIpc) is 3.17. The van der Waals surface area contributed by atoms with E-state index in [2.05, 4.69) is 21.7 Å². The number of methoxy groups -OCH3 is 1. The Morgan fingerprint density at radius 2 is 1.97 bits per heavy atom. The Hall–Kier alpha value is -2.48. The second kappa shape index (κ2) is 8.71. The number of nitrogens with one attached hydrogen (secondary N) is 1. The van der Waals surface area contributed by atoms with Crippen LogP contribution < -0.4 is 5.32 Å². The molecule has 1 fully saturated rings. The van der Waals surface area contributed by atoms with Crippen LogP contribution in [0.4, 0.5) is 0 Å². The molecule has 30 heavy (non-hydrogen) atoms. The zero-order chi connectivity index (χ0) is 21.3. The second-order valence-corrected chi connectivity index (χ2v) is 8.52. The van der Waals surface area contributed by atoms with Gasteiger partial charge in [0, 0.05) is 47.2 Å². The van der Waals surface area contributed by atoms with E-state index in [4.69, 9.17) is 9.47 Å². The molecular weight excluding hydrogens is 400 g/mol. The summed E-state index contributed by atoms with van der Waals surface area (Å²) < 4.78 is 11.8. The van der Waals surface area contributed by atoms with Gasteiger partial charge in [-0.05, 0) is 36.2 Å². The van der Waals surface area contributed by atoms with E-state index in [1.807, 2.05) is 25.1 Å². The monoisotopic (exact) mass is 426 g/mol. The van der Waals surface area contributed by atoms with Crippen LogP contribution in [0.2, 0.25) is 0 Å². The Morgan fingerprint density at radius 3 is 2.67 bits per heavy atom. The normalized spacial score (nSPS) is 20.4. The number of ketones is 1. The van der Waals surface area contributed by atoms with Crippen LogP contribution in [0.3, 0.4) is 0 Å². The predicted molar refractivity (Wildman–Crippen MR) is 117 cm³/mol. The van der Waals surface area contributed by atoms with Crippen LogP contribution in [0.25, 0.3) is 10.1 Å². The topological polar surface area (TPSA) is 67.9 Å². The van der Waals surface area contributed by atoms with Crippen molar-refractivity contribution in [3.8, 4) is 0 Å². The highest BCUT2D eigenvalue weighted by atomic mass is 32.1. The van der Waals surface area contributed by atoms with Crippen LogP contribution >= 0.6 is 11.3 Å². The molecular formula is C23H26N2O4S. The number of dihydropyridines is 1. The molecule has 1 saturated heterocycles. The van der Waals surface area contributed by atoms with Crippen LogP contribution in [0.15, 0.2) is 52.2 Å². The van der Waals surface area contributed by atoms with Crippen molar-refractivity contribution in [1.82, 2.24) is 10.2 Å². The molecule has 3 heterocycles. The number of esters is 1. The SMILES string of the molecule is COC(=O)C1=C(CN2CCOCC2)NC(C)=C(C(C)=O)C1c1csc2ccccc12. The first-order chi connectivity index (χ1) is 14.5. The van der Waals surface area contributed by atoms with Gasteiger partial charge in [-0.3, -0.25) is 9.69 Å². The van der Waals surface area contributed by atoms with Crippen molar-refractivity contribution < 1.29 is 19.1 Å². The fraction of sp³-hybridized carbons (Fsp3) is 0.391. The van der Waals surface area contributed by atoms with Gasteiger partial charge in [0.2, 0.25) is 0 Å². The van der Waals surface area contributed by atoms with E-state index in [1.165, 1.54) is 7.11 Å². The maximum atomic E-state index is 13.0. The van der Waals surface area contributed by atoms with Crippen LogP contribution in [0, 0.1) is 0 Å². The van der Waals surface area contributed by atoms with Gasteiger partial charge in [0.05, 0.1) is 25.9 Å². The van der Waals surface area contributed by atoms with Gasteiger partial charge in [0.25, 0.3) is 0 Å². The predicted octanol–water partition coefficient (Wildman–Crippen LogP) is 3.21. The lowest BCUT2D eigenvalue weighted by molar-refractivity contribution is -0.136. The lowest BCUT2D eigenvalue weighted by Gasteiger charge is -2.34. The third-order valence-corrected chi connectivity index (χ3v) is 6.72. The van der Waals surface area contributed by atoms with Crippen LogP contribution in [0.1, 0.15) is 25.3 Å². The van der Waals surface area contributed by atoms with Gasteiger partial charge in [0.15, 0.2) is 5.78 Å². The van der Waals surface area contributed by atoms with Gasteiger partial charge in [-0.2, -0.15) is 0 Å². The van der Waals surface area contributed by atoms with Crippen molar-refractivity contribution in [2.45, 2.75) is 19.8 Å². The summed E-state index contributed by atoms with van der Waals surface area (Å²) in [5.74, 6) is -0.909. The minimum Gasteiger partial charge on any atom is -0.466 e. The van der Waals surface area contributed by atoms with E-state index in [9.17, 15) is 9.59 Å². The van der Waals surface area contributed by atoms with Crippen LogP contribution in [-0.2, 0) is 19.1 Å². The maximum absolute atomic E-state index is 13.0. The Morgan fingerprint density at radius 1 is 1.23 bits per heavy atom. The summed E-state index contributed by atoms with van der Waals surface area (Å²) in [6.07, 6.45) is 0. The van der Waals surface area contributed by atoms with E-state index in [-0.39, 0.29) is 5.78 Å². The molecule has 0 spiro atoms. The molecule has 6 nitrogen and oxygen atoms in total. The van der Waals surface area contributed by atoms with Gasteiger partial charge in [-0.25, -0.2) is 4.79 Å². The number of Topliss-reactive ketones (excluding diaryl/α,β-unsaturated/α-hetero) is 1. The molecule has 4 rings (SSSR count). The Kier molecular flexibility index (Phi) is 6.04. The number of carbonyl (C=O) groups is 2. The van der Waals surface area contributed by atoms with E-state index in [0.29, 0.717) is 30.9 Å². The Bertz CT molecular complexity index is 1050. The minimum absolute atomic E-state index is 0.0490. The second-order valence-electron chi connectivity index (χ2n) is 7.61. The van der Waals surface area contributed by atoms with Gasteiger partial charge < -0.3 is 14.8 Å². The molecule has 2 aliphatic rings. The van der Waals surface area contributed by atoms with Crippen LogP contribution in [-0.4, -0.2) is 56.6 Å². The number of thiophene rings is 1. The quantitative estimate of drug-likeness (QED) is 0.741. The first-order valence-corrected chi connectivity index (χ1v) is 11.0. The molecule has 0 saturated carbocycles. The number of nitrogens with zero attached hydrogens (tertiary/aromatic N) is 1. The zero-order valence-electron chi connectivity index (χ0n) is 17.5. The van der Waals surface area contributed by atoms with Crippen molar-refractivity contribution in [3.05, 3.63) is 57.7 Å². The molecule has 2 aromatic rings. The smallest absolute Gasteiger partial charge is 0.336 e. The lowest BCUT2D eigenvalue weighted by atomic mass is 9.78. The fourth-order valence-corrected chi connectivity index (χ4v) is 5.34. The molecule has 1 unspecified atom stereocenters.